The second-order valence-electron chi connectivity index (χ2n) is 10.1. The Kier molecular flexibility index (Phi) is 8.57. The van der Waals surface area contributed by atoms with Crippen LogP contribution in [-0.4, -0.2) is 13.2 Å². The maximum Gasteiger partial charge on any atom is 0.165 e. The first-order valence-corrected chi connectivity index (χ1v) is 11.8. The van der Waals surface area contributed by atoms with E-state index < -0.39 is 0 Å². The number of rotatable bonds is 0. The molecule has 0 aromatic heterocycles. The highest BCUT2D eigenvalue weighted by atomic mass is 19.1. The van der Waals surface area contributed by atoms with Crippen molar-refractivity contribution >= 4 is 0 Å². The molecule has 2 aromatic carbocycles. The number of halogens is 1. The lowest BCUT2D eigenvalue weighted by Gasteiger charge is -2.27. The second kappa shape index (κ2) is 10.5. The third-order valence-corrected chi connectivity index (χ3v) is 5.61. The van der Waals surface area contributed by atoms with E-state index in [1.807, 2.05) is 26.0 Å². The highest BCUT2D eigenvalue weighted by Gasteiger charge is 2.24. The van der Waals surface area contributed by atoms with Crippen LogP contribution >= 0.6 is 0 Å². The van der Waals surface area contributed by atoms with Crippen LogP contribution in [0.4, 0.5) is 4.39 Å². The van der Waals surface area contributed by atoms with Crippen LogP contribution < -0.4 is 9.47 Å². The Balaban J connectivity index is 0.000000204. The average Bonchev–Trinajstić information content (AvgIpc) is 2.73. The molecule has 1 aliphatic heterocycles. The third-order valence-electron chi connectivity index (χ3n) is 5.61. The van der Waals surface area contributed by atoms with E-state index in [9.17, 15) is 4.39 Å². The average molecular weight is 429 g/mol. The first-order valence-electron chi connectivity index (χ1n) is 11.8. The summed E-state index contributed by atoms with van der Waals surface area (Å²) < 4.78 is 24.7. The minimum Gasteiger partial charge on any atom is -0.486 e. The number of benzene rings is 2. The van der Waals surface area contributed by atoms with Gasteiger partial charge in [-0.3, -0.25) is 0 Å². The summed E-state index contributed by atoms with van der Waals surface area (Å²) in [5.41, 5.74) is 5.24. The van der Waals surface area contributed by atoms with Gasteiger partial charge in [-0.1, -0.05) is 67.5 Å². The number of fused-ring (bicyclic) bond motifs is 2. The molecule has 0 amide bonds. The van der Waals surface area contributed by atoms with Crippen molar-refractivity contribution in [2.75, 3.05) is 13.2 Å². The van der Waals surface area contributed by atoms with Crippen LogP contribution in [0, 0.1) is 5.82 Å². The van der Waals surface area contributed by atoms with E-state index in [-0.39, 0.29) is 16.6 Å². The van der Waals surface area contributed by atoms with Crippen molar-refractivity contribution in [3.05, 3.63) is 58.4 Å². The molecule has 4 rings (SSSR count). The van der Waals surface area contributed by atoms with Crippen LogP contribution in [0.1, 0.15) is 90.5 Å². The summed E-state index contributed by atoms with van der Waals surface area (Å²) in [7, 11) is 0. The Bertz CT molecular complexity index is 857. The van der Waals surface area contributed by atoms with E-state index in [0.717, 1.165) is 24.3 Å². The second-order valence-corrected chi connectivity index (χ2v) is 10.1. The van der Waals surface area contributed by atoms with E-state index in [0.29, 0.717) is 13.2 Å². The van der Waals surface area contributed by atoms with E-state index >= 15 is 0 Å². The zero-order valence-corrected chi connectivity index (χ0v) is 20.8. The SMILES string of the molecule is CC.CC(C)(C)c1cc(F)cc2c1CCCC2.CC(C)(C)c1cccc2c1OCCO2. The molecule has 0 unspecified atom stereocenters. The van der Waals surface area contributed by atoms with Gasteiger partial charge in [0.05, 0.1) is 0 Å². The third kappa shape index (κ3) is 6.48. The van der Waals surface area contributed by atoms with Crippen molar-refractivity contribution in [3.8, 4) is 11.5 Å². The molecule has 0 atom stereocenters. The van der Waals surface area contributed by atoms with Gasteiger partial charge in [0.2, 0.25) is 0 Å². The van der Waals surface area contributed by atoms with E-state index in [1.165, 1.54) is 35.1 Å². The van der Waals surface area contributed by atoms with Gasteiger partial charge in [-0.15, -0.1) is 0 Å². The van der Waals surface area contributed by atoms with Gasteiger partial charge in [0.1, 0.15) is 19.0 Å². The predicted octanol–water partition coefficient (Wildman–Crippen LogP) is 7.78. The zero-order chi connectivity index (χ0) is 23.2. The van der Waals surface area contributed by atoms with Crippen LogP contribution in [0.3, 0.4) is 0 Å². The van der Waals surface area contributed by atoms with Crippen molar-refractivity contribution in [3.63, 3.8) is 0 Å². The molecular weight excluding hydrogens is 387 g/mol. The molecule has 2 aromatic rings. The lowest BCUT2D eigenvalue weighted by Crippen LogP contribution is -2.20. The Hall–Kier alpha value is -2.03. The molecule has 2 nitrogen and oxygen atoms in total. The summed E-state index contributed by atoms with van der Waals surface area (Å²) in [6.07, 6.45) is 4.64. The van der Waals surface area contributed by atoms with Gasteiger partial charge in [0.25, 0.3) is 0 Å². The molecule has 0 radical (unpaired) electrons. The number of para-hydroxylation sites is 1. The standard InChI is InChI=1S/C14H19F.C12H16O2.C2H6/c1-14(2,3)13-9-11(15)8-10-6-4-5-7-12(10)13;1-12(2,3)9-5-4-6-10-11(9)14-8-7-13-10;1-2/h8-9H,4-7H2,1-3H3;4-6H,7-8H2,1-3H3;1-2H3. The van der Waals surface area contributed by atoms with Gasteiger partial charge in [-0.25, -0.2) is 4.39 Å². The smallest absolute Gasteiger partial charge is 0.165 e. The molecular formula is C28H41FO2. The Morgan fingerprint density at radius 2 is 1.39 bits per heavy atom. The quantitative estimate of drug-likeness (QED) is 0.426. The molecule has 172 valence electrons. The molecule has 31 heavy (non-hydrogen) atoms. The monoisotopic (exact) mass is 428 g/mol. The maximum absolute atomic E-state index is 13.5. The topological polar surface area (TPSA) is 18.5 Å². The first-order chi connectivity index (χ1) is 14.6. The van der Waals surface area contributed by atoms with E-state index in [2.05, 4.69) is 47.6 Å². The number of hydrogen-bond acceptors (Lipinski definition) is 2. The van der Waals surface area contributed by atoms with Gasteiger partial charge in [0, 0.05) is 5.56 Å². The number of hydrogen-bond donors (Lipinski definition) is 0. The zero-order valence-electron chi connectivity index (χ0n) is 20.8. The molecule has 1 aliphatic carbocycles. The predicted molar refractivity (Wildman–Crippen MR) is 129 cm³/mol. The van der Waals surface area contributed by atoms with Crippen LogP contribution in [0.2, 0.25) is 0 Å². The Morgan fingerprint density at radius 1 is 0.774 bits per heavy atom. The summed E-state index contributed by atoms with van der Waals surface area (Å²) in [5, 5.41) is 0. The normalized spacial score (nSPS) is 15.0. The number of ether oxygens (including phenoxy) is 2. The molecule has 0 saturated heterocycles. The summed E-state index contributed by atoms with van der Waals surface area (Å²) in [5.74, 6) is 1.73. The van der Waals surface area contributed by atoms with E-state index in [4.69, 9.17) is 9.47 Å². The minimum absolute atomic E-state index is 0.0591. The largest absolute Gasteiger partial charge is 0.486 e. The molecule has 2 aliphatic rings. The van der Waals surface area contributed by atoms with Crippen LogP contribution in [0.5, 0.6) is 11.5 Å². The lowest BCUT2D eigenvalue weighted by molar-refractivity contribution is 0.168. The fourth-order valence-corrected chi connectivity index (χ4v) is 4.16. The highest BCUT2D eigenvalue weighted by molar-refractivity contribution is 5.50. The summed E-state index contributed by atoms with van der Waals surface area (Å²) in [6, 6.07) is 9.54. The van der Waals surface area contributed by atoms with Gasteiger partial charge in [0.15, 0.2) is 11.5 Å². The maximum atomic E-state index is 13.5. The molecule has 0 spiro atoms. The summed E-state index contributed by atoms with van der Waals surface area (Å²) in [4.78, 5) is 0. The van der Waals surface area contributed by atoms with Crippen molar-refractivity contribution in [2.24, 2.45) is 0 Å². The van der Waals surface area contributed by atoms with Crippen LogP contribution in [-0.2, 0) is 23.7 Å². The van der Waals surface area contributed by atoms with Gasteiger partial charge >= 0.3 is 0 Å². The molecule has 0 fully saturated rings. The number of aryl methyl sites for hydroxylation is 1. The van der Waals surface area contributed by atoms with E-state index in [1.54, 1.807) is 12.1 Å². The van der Waals surface area contributed by atoms with Crippen molar-refractivity contribution in [1.82, 2.24) is 0 Å². The fourth-order valence-electron chi connectivity index (χ4n) is 4.16. The Morgan fingerprint density at radius 3 is 2.03 bits per heavy atom. The summed E-state index contributed by atoms with van der Waals surface area (Å²) in [6.45, 7) is 18.3. The van der Waals surface area contributed by atoms with Crippen LogP contribution in [0.25, 0.3) is 0 Å². The van der Waals surface area contributed by atoms with Crippen molar-refractivity contribution in [1.29, 1.82) is 0 Å². The molecule has 0 bridgehead atoms. The molecule has 1 heterocycles. The van der Waals surface area contributed by atoms with Crippen molar-refractivity contribution < 1.29 is 13.9 Å². The van der Waals surface area contributed by atoms with Gasteiger partial charge in [-0.2, -0.15) is 0 Å². The first kappa shape index (κ1) is 25.2. The highest BCUT2D eigenvalue weighted by Crippen LogP contribution is 2.39. The minimum atomic E-state index is -0.0689. The van der Waals surface area contributed by atoms with Gasteiger partial charge in [-0.05, 0) is 71.4 Å². The van der Waals surface area contributed by atoms with Crippen LogP contribution in [0.15, 0.2) is 30.3 Å². The van der Waals surface area contributed by atoms with Gasteiger partial charge < -0.3 is 9.47 Å². The summed E-state index contributed by atoms with van der Waals surface area (Å²) >= 11 is 0. The fraction of sp³-hybridized carbons (Fsp3) is 0.571. The molecule has 0 saturated carbocycles. The lowest BCUT2D eigenvalue weighted by atomic mass is 9.78. The molecule has 0 N–H and O–H groups in total. The van der Waals surface area contributed by atoms with Crippen molar-refractivity contribution in [2.45, 2.75) is 91.9 Å². The molecule has 3 heteroatoms. The Labute approximate surface area is 189 Å².